The first-order valence-electron chi connectivity index (χ1n) is 6.74. The van der Waals surface area contributed by atoms with E-state index in [1.54, 1.807) is 0 Å². The van der Waals surface area contributed by atoms with Gasteiger partial charge in [-0.1, -0.05) is 0 Å². The second-order valence-corrected chi connectivity index (χ2v) is 6.13. The van der Waals surface area contributed by atoms with Crippen LogP contribution in [0.1, 0.15) is 26.7 Å². The van der Waals surface area contributed by atoms with Crippen LogP contribution >= 0.6 is 0 Å². The van der Waals surface area contributed by atoms with Crippen molar-refractivity contribution in [3.63, 3.8) is 0 Å². The highest BCUT2D eigenvalue weighted by atomic mass is 16.5. The van der Waals surface area contributed by atoms with E-state index in [0.717, 1.165) is 39.1 Å². The molecule has 3 rings (SSSR count). The molecule has 0 aromatic heterocycles. The van der Waals surface area contributed by atoms with Gasteiger partial charge in [-0.05, 0) is 38.5 Å². The highest BCUT2D eigenvalue weighted by Gasteiger charge is 2.52. The number of carbonyl (C=O) groups excluding carboxylic acids is 1. The van der Waals surface area contributed by atoms with Gasteiger partial charge in [0, 0.05) is 31.8 Å². The highest BCUT2D eigenvalue weighted by Crippen LogP contribution is 2.41. The van der Waals surface area contributed by atoms with Gasteiger partial charge in [-0.15, -0.1) is 0 Å². The maximum absolute atomic E-state index is 12.5. The molecule has 0 aromatic rings. The predicted molar refractivity (Wildman–Crippen MR) is 64.6 cm³/mol. The molecule has 3 atom stereocenters. The van der Waals surface area contributed by atoms with E-state index in [0.29, 0.717) is 11.8 Å². The number of hydrogen-bond acceptors (Lipinski definition) is 3. The molecule has 0 saturated carbocycles. The highest BCUT2D eigenvalue weighted by molar-refractivity contribution is 5.82. The minimum Gasteiger partial charge on any atom is -0.368 e. The third-order valence-electron chi connectivity index (χ3n) is 4.83. The van der Waals surface area contributed by atoms with Gasteiger partial charge in [-0.3, -0.25) is 4.79 Å². The average molecular weight is 238 g/mol. The monoisotopic (exact) mass is 238 g/mol. The summed E-state index contributed by atoms with van der Waals surface area (Å²) in [7, 11) is 0. The summed E-state index contributed by atoms with van der Waals surface area (Å²) < 4.78 is 5.54. The first-order chi connectivity index (χ1) is 8.10. The molecule has 1 N–H and O–H groups in total. The van der Waals surface area contributed by atoms with Crippen molar-refractivity contribution in [2.75, 3.05) is 26.2 Å². The second-order valence-electron chi connectivity index (χ2n) is 6.13. The molecule has 4 nitrogen and oxygen atoms in total. The lowest BCUT2D eigenvalue weighted by atomic mass is 9.84. The molecule has 0 radical (unpaired) electrons. The van der Waals surface area contributed by atoms with Gasteiger partial charge in [-0.25, -0.2) is 0 Å². The minimum atomic E-state index is -0.166. The molecule has 4 heteroatoms. The van der Waals surface area contributed by atoms with Crippen LogP contribution in [0.4, 0.5) is 0 Å². The zero-order valence-corrected chi connectivity index (χ0v) is 10.7. The standard InChI is InChI=1S/C13H22N2O2/c1-13(2)10-7-14-6-9(10)8-15(13)12(16)11-4-3-5-17-11/h9-11,14H,3-8H2,1-2H3/t9?,10?,11-/m1/s1. The summed E-state index contributed by atoms with van der Waals surface area (Å²) >= 11 is 0. The van der Waals surface area contributed by atoms with E-state index in [1.165, 1.54) is 0 Å². The molecule has 0 aliphatic carbocycles. The van der Waals surface area contributed by atoms with Crippen molar-refractivity contribution in [3.05, 3.63) is 0 Å². The summed E-state index contributed by atoms with van der Waals surface area (Å²) in [6, 6.07) is 0. The fourth-order valence-electron chi connectivity index (χ4n) is 3.74. The van der Waals surface area contributed by atoms with Gasteiger partial charge >= 0.3 is 0 Å². The number of amides is 1. The molecule has 2 unspecified atom stereocenters. The largest absolute Gasteiger partial charge is 0.368 e. The number of nitrogens with zero attached hydrogens (tertiary/aromatic N) is 1. The molecule has 0 bridgehead atoms. The van der Waals surface area contributed by atoms with Gasteiger partial charge in [0.1, 0.15) is 6.10 Å². The number of hydrogen-bond donors (Lipinski definition) is 1. The van der Waals surface area contributed by atoms with Gasteiger partial charge < -0.3 is 15.0 Å². The number of rotatable bonds is 1. The SMILES string of the molecule is CC1(C)C2CNCC2CN1C(=O)[C@H]1CCCO1. The number of ether oxygens (including phenoxy) is 1. The first kappa shape index (κ1) is 11.5. The summed E-state index contributed by atoms with van der Waals surface area (Å²) in [5.74, 6) is 1.46. The lowest BCUT2D eigenvalue weighted by molar-refractivity contribution is -0.145. The van der Waals surface area contributed by atoms with E-state index in [-0.39, 0.29) is 17.6 Å². The Balaban J connectivity index is 1.77. The van der Waals surface area contributed by atoms with Crippen LogP contribution in [0.3, 0.4) is 0 Å². The van der Waals surface area contributed by atoms with E-state index in [1.807, 2.05) is 0 Å². The Morgan fingerprint density at radius 2 is 2.24 bits per heavy atom. The Hall–Kier alpha value is -0.610. The molecule has 17 heavy (non-hydrogen) atoms. The molecular weight excluding hydrogens is 216 g/mol. The lowest BCUT2D eigenvalue weighted by Crippen LogP contribution is -2.51. The van der Waals surface area contributed by atoms with Gasteiger partial charge in [0.05, 0.1) is 0 Å². The van der Waals surface area contributed by atoms with Crippen molar-refractivity contribution >= 4 is 5.91 Å². The summed E-state index contributed by atoms with van der Waals surface area (Å²) in [6.07, 6.45) is 1.76. The van der Waals surface area contributed by atoms with Gasteiger partial charge in [0.25, 0.3) is 5.91 Å². The van der Waals surface area contributed by atoms with Crippen LogP contribution in [0.2, 0.25) is 0 Å². The van der Waals surface area contributed by atoms with Crippen LogP contribution in [0, 0.1) is 11.8 Å². The molecule has 0 spiro atoms. The summed E-state index contributed by atoms with van der Waals surface area (Å²) in [4.78, 5) is 14.6. The van der Waals surface area contributed by atoms with Gasteiger partial charge in [0.15, 0.2) is 0 Å². The smallest absolute Gasteiger partial charge is 0.252 e. The predicted octanol–water partition coefficient (Wildman–Crippen LogP) is 0.622. The summed E-state index contributed by atoms with van der Waals surface area (Å²) in [5.41, 5.74) is -0.0167. The van der Waals surface area contributed by atoms with Crippen LogP contribution in [0.25, 0.3) is 0 Å². The average Bonchev–Trinajstić information content (AvgIpc) is 2.97. The van der Waals surface area contributed by atoms with Crippen molar-refractivity contribution in [3.8, 4) is 0 Å². The zero-order valence-electron chi connectivity index (χ0n) is 10.7. The van der Waals surface area contributed by atoms with Crippen molar-refractivity contribution in [1.82, 2.24) is 10.2 Å². The van der Waals surface area contributed by atoms with E-state index in [2.05, 4.69) is 24.1 Å². The Morgan fingerprint density at radius 3 is 2.88 bits per heavy atom. The fourth-order valence-corrected chi connectivity index (χ4v) is 3.74. The van der Waals surface area contributed by atoms with Crippen molar-refractivity contribution in [2.24, 2.45) is 11.8 Å². The number of nitrogens with one attached hydrogen (secondary N) is 1. The molecule has 3 fully saturated rings. The Bertz CT molecular complexity index is 323. The lowest BCUT2D eigenvalue weighted by Gasteiger charge is -2.36. The fraction of sp³-hybridized carbons (Fsp3) is 0.923. The second kappa shape index (κ2) is 3.95. The minimum absolute atomic E-state index is 0.0167. The van der Waals surface area contributed by atoms with Crippen molar-refractivity contribution in [1.29, 1.82) is 0 Å². The number of carbonyl (C=O) groups is 1. The Kier molecular flexibility index (Phi) is 2.67. The first-order valence-corrected chi connectivity index (χ1v) is 6.74. The van der Waals surface area contributed by atoms with E-state index in [9.17, 15) is 4.79 Å². The maximum atomic E-state index is 12.5. The molecule has 3 aliphatic rings. The van der Waals surface area contributed by atoms with Crippen LogP contribution in [-0.2, 0) is 9.53 Å². The molecule has 96 valence electrons. The third kappa shape index (κ3) is 1.69. The van der Waals surface area contributed by atoms with Crippen LogP contribution < -0.4 is 5.32 Å². The van der Waals surface area contributed by atoms with Crippen LogP contribution in [0.15, 0.2) is 0 Å². The quantitative estimate of drug-likeness (QED) is 0.728. The number of fused-ring (bicyclic) bond motifs is 1. The van der Waals surface area contributed by atoms with Gasteiger partial charge in [-0.2, -0.15) is 0 Å². The molecule has 3 heterocycles. The third-order valence-corrected chi connectivity index (χ3v) is 4.83. The van der Waals surface area contributed by atoms with E-state index >= 15 is 0 Å². The molecule has 3 saturated heterocycles. The van der Waals surface area contributed by atoms with Gasteiger partial charge in [0.2, 0.25) is 0 Å². The van der Waals surface area contributed by atoms with E-state index in [4.69, 9.17) is 4.74 Å². The molecular formula is C13H22N2O2. The summed E-state index contributed by atoms with van der Waals surface area (Å²) in [5, 5.41) is 3.44. The number of likely N-dealkylation sites (tertiary alicyclic amines) is 1. The maximum Gasteiger partial charge on any atom is 0.252 e. The van der Waals surface area contributed by atoms with Crippen molar-refractivity contribution < 1.29 is 9.53 Å². The summed E-state index contributed by atoms with van der Waals surface area (Å²) in [6.45, 7) is 8.17. The Morgan fingerprint density at radius 1 is 1.41 bits per heavy atom. The topological polar surface area (TPSA) is 41.6 Å². The molecule has 0 aromatic carbocycles. The van der Waals surface area contributed by atoms with Crippen LogP contribution in [-0.4, -0.2) is 48.7 Å². The van der Waals surface area contributed by atoms with Crippen LogP contribution in [0.5, 0.6) is 0 Å². The van der Waals surface area contributed by atoms with E-state index < -0.39 is 0 Å². The zero-order chi connectivity index (χ0) is 12.0. The Labute approximate surface area is 103 Å². The van der Waals surface area contributed by atoms with Crippen molar-refractivity contribution in [2.45, 2.75) is 38.3 Å². The normalized spacial score (nSPS) is 39.6. The molecule has 1 amide bonds. The molecule has 3 aliphatic heterocycles.